The van der Waals surface area contributed by atoms with Crippen molar-refractivity contribution in [2.45, 2.75) is 36.0 Å². The maximum Gasteiger partial charge on any atom is 0.421 e. The number of alkyl halides is 3. The lowest BCUT2D eigenvalue weighted by Gasteiger charge is -2.34. The molecule has 9 nitrogen and oxygen atoms in total. The first-order valence-corrected chi connectivity index (χ1v) is 14.8. The molecule has 0 spiro atoms. The van der Waals surface area contributed by atoms with Crippen LogP contribution in [0.15, 0.2) is 57.7 Å². The summed E-state index contributed by atoms with van der Waals surface area (Å²) in [4.78, 5) is 7.92. The molecule has 2 aromatic rings. The predicted octanol–water partition coefficient (Wildman–Crippen LogP) is 3.15. The Morgan fingerprint density at radius 3 is 2.36 bits per heavy atom. The van der Waals surface area contributed by atoms with Crippen LogP contribution in [-0.2, 0) is 20.2 Å². The number of aliphatic imine (C=N–C) groups is 1. The number of hydrogen-bond acceptors (Lipinski definition) is 9. The molecular formula is C22H27F3N5O4PS. The van der Waals surface area contributed by atoms with Crippen LogP contribution in [0.5, 0.6) is 5.88 Å². The molecule has 0 saturated heterocycles. The van der Waals surface area contributed by atoms with E-state index in [2.05, 4.69) is 20.6 Å². The second kappa shape index (κ2) is 9.53. The minimum absolute atomic E-state index is 0.0714. The predicted molar refractivity (Wildman–Crippen MR) is 133 cm³/mol. The Bertz CT molecular complexity index is 1390. The van der Waals surface area contributed by atoms with Crippen molar-refractivity contribution in [1.29, 1.82) is 0 Å². The normalized spacial score (nSPS) is 18.8. The summed E-state index contributed by atoms with van der Waals surface area (Å²) in [5, 5.41) is 4.28. The number of nitrogens with one attached hydrogen (secondary N) is 2. The lowest BCUT2D eigenvalue weighted by atomic mass is 10.1. The zero-order valence-electron chi connectivity index (χ0n) is 20.2. The third-order valence-electron chi connectivity index (χ3n) is 5.36. The van der Waals surface area contributed by atoms with Gasteiger partial charge in [0.15, 0.2) is 9.84 Å². The van der Waals surface area contributed by atoms with E-state index in [1.165, 1.54) is 70.7 Å². The maximum atomic E-state index is 13.9. The average Bonchev–Trinajstić information content (AvgIpc) is 2.77. The number of para-hydroxylation sites is 1. The van der Waals surface area contributed by atoms with E-state index in [0.29, 0.717) is 6.21 Å². The van der Waals surface area contributed by atoms with E-state index in [9.17, 15) is 26.2 Å². The summed E-state index contributed by atoms with van der Waals surface area (Å²) < 4.78 is 85.0. The third kappa shape index (κ3) is 5.42. The van der Waals surface area contributed by atoms with E-state index in [4.69, 9.17) is 10.5 Å². The first-order valence-electron chi connectivity index (χ1n) is 10.7. The van der Waals surface area contributed by atoms with Gasteiger partial charge in [0.25, 0.3) is 0 Å². The fourth-order valence-electron chi connectivity index (χ4n) is 3.35. The SMILES string of the molecule is COc1nc(P(C)(C)=O)ccc1C1(N)N=CC(C(F)(F)F)=C(Nc2ccccc2S(=O)(=O)C(C)C)N1. The first kappa shape index (κ1) is 27.7. The maximum absolute atomic E-state index is 13.9. The zero-order chi connectivity index (χ0) is 27.1. The third-order valence-corrected chi connectivity index (χ3v) is 8.93. The van der Waals surface area contributed by atoms with Crippen LogP contribution in [0, 0.1) is 0 Å². The van der Waals surface area contributed by atoms with Gasteiger partial charge in [-0.2, -0.15) is 13.2 Å². The van der Waals surface area contributed by atoms with Gasteiger partial charge in [0.2, 0.25) is 11.7 Å². The molecule has 1 aliphatic heterocycles. The van der Waals surface area contributed by atoms with E-state index in [1.807, 2.05) is 0 Å². The van der Waals surface area contributed by atoms with Gasteiger partial charge in [0.05, 0.1) is 28.5 Å². The van der Waals surface area contributed by atoms with Crippen molar-refractivity contribution in [1.82, 2.24) is 10.3 Å². The fraction of sp³-hybridized carbons (Fsp3) is 0.364. The number of sulfone groups is 1. The van der Waals surface area contributed by atoms with Crippen LogP contribution in [0.25, 0.3) is 0 Å². The highest BCUT2D eigenvalue weighted by Crippen LogP contribution is 2.38. The molecule has 36 heavy (non-hydrogen) atoms. The van der Waals surface area contributed by atoms with Gasteiger partial charge in [0.1, 0.15) is 24.0 Å². The largest absolute Gasteiger partial charge is 0.481 e. The molecule has 3 rings (SSSR count). The highest BCUT2D eigenvalue weighted by Gasteiger charge is 2.43. The molecule has 0 bridgehead atoms. The molecule has 1 atom stereocenters. The number of anilines is 1. The van der Waals surface area contributed by atoms with E-state index >= 15 is 0 Å². The summed E-state index contributed by atoms with van der Waals surface area (Å²) in [7, 11) is -5.33. The van der Waals surface area contributed by atoms with Gasteiger partial charge in [0, 0.05) is 6.21 Å². The molecule has 14 heteroatoms. The number of ether oxygens (including phenoxy) is 1. The number of benzene rings is 1. The molecule has 1 aromatic carbocycles. The minimum atomic E-state index is -4.85. The van der Waals surface area contributed by atoms with Crippen molar-refractivity contribution in [3.8, 4) is 5.88 Å². The molecular weight excluding hydrogens is 518 g/mol. The highest BCUT2D eigenvalue weighted by molar-refractivity contribution is 7.92. The lowest BCUT2D eigenvalue weighted by Crippen LogP contribution is -2.53. The second-order valence-electron chi connectivity index (χ2n) is 8.73. The summed E-state index contributed by atoms with van der Waals surface area (Å²) >= 11 is 0. The summed E-state index contributed by atoms with van der Waals surface area (Å²) in [5.74, 6) is -2.68. The first-order chi connectivity index (χ1) is 16.5. The zero-order valence-corrected chi connectivity index (χ0v) is 21.9. The van der Waals surface area contributed by atoms with Crippen molar-refractivity contribution in [3.05, 3.63) is 53.4 Å². The highest BCUT2D eigenvalue weighted by atomic mass is 32.2. The number of halogens is 3. The smallest absolute Gasteiger partial charge is 0.421 e. The standard InChI is InChI=1S/C22H27F3N5O4PS/c1-13(2)36(32,33)17-9-7-6-8-16(17)28-19-15(21(23,24)25)12-27-22(26,30-19)14-10-11-18(35(4,5)31)29-20(14)34-3/h6-13,28,30H,26H2,1-5H3. The van der Waals surface area contributed by atoms with Crippen LogP contribution in [0.1, 0.15) is 19.4 Å². The van der Waals surface area contributed by atoms with Gasteiger partial charge in [-0.05, 0) is 51.4 Å². The number of allylic oxidation sites excluding steroid dienone is 1. The Morgan fingerprint density at radius 2 is 1.81 bits per heavy atom. The second-order valence-corrected chi connectivity index (χ2v) is 14.4. The molecule has 1 unspecified atom stereocenters. The molecule has 0 fully saturated rings. The molecule has 1 aliphatic rings. The fourth-order valence-corrected chi connectivity index (χ4v) is 5.32. The van der Waals surface area contributed by atoms with Crippen LogP contribution < -0.4 is 26.5 Å². The monoisotopic (exact) mass is 545 g/mol. The molecule has 0 amide bonds. The van der Waals surface area contributed by atoms with Crippen molar-refractivity contribution >= 4 is 34.3 Å². The van der Waals surface area contributed by atoms with Gasteiger partial charge in [-0.15, -0.1) is 0 Å². The molecule has 196 valence electrons. The number of aromatic nitrogens is 1. The molecule has 0 aliphatic carbocycles. The Morgan fingerprint density at radius 1 is 1.17 bits per heavy atom. The van der Waals surface area contributed by atoms with Gasteiger partial charge in [-0.3, -0.25) is 5.73 Å². The van der Waals surface area contributed by atoms with Gasteiger partial charge in [-0.25, -0.2) is 18.4 Å². The number of methoxy groups -OCH3 is 1. The summed E-state index contributed by atoms with van der Waals surface area (Å²) in [6.45, 7) is 5.95. The summed E-state index contributed by atoms with van der Waals surface area (Å²) in [6.07, 6.45) is -4.30. The Hall–Kier alpha value is -2.89. The van der Waals surface area contributed by atoms with Crippen molar-refractivity contribution in [2.24, 2.45) is 10.7 Å². The van der Waals surface area contributed by atoms with E-state index in [-0.39, 0.29) is 27.5 Å². The number of nitrogens with zero attached hydrogens (tertiary/aromatic N) is 2. The minimum Gasteiger partial charge on any atom is -0.481 e. The van der Waals surface area contributed by atoms with Gasteiger partial charge >= 0.3 is 6.18 Å². The van der Waals surface area contributed by atoms with Crippen LogP contribution in [0.2, 0.25) is 0 Å². The number of pyridine rings is 1. The number of nitrogens with two attached hydrogens (primary N) is 1. The molecule has 0 radical (unpaired) electrons. The number of rotatable bonds is 7. The van der Waals surface area contributed by atoms with Crippen molar-refractivity contribution < 1.29 is 30.9 Å². The molecule has 2 heterocycles. The Labute approximate surface area is 207 Å². The van der Waals surface area contributed by atoms with Crippen LogP contribution in [-0.4, -0.2) is 51.5 Å². The average molecular weight is 546 g/mol. The van der Waals surface area contributed by atoms with Gasteiger partial charge in [-0.1, -0.05) is 12.1 Å². The van der Waals surface area contributed by atoms with E-state index in [1.54, 1.807) is 0 Å². The van der Waals surface area contributed by atoms with Crippen LogP contribution in [0.4, 0.5) is 18.9 Å². The quantitative estimate of drug-likeness (QED) is 0.452. The number of hydrogen-bond donors (Lipinski definition) is 3. The summed E-state index contributed by atoms with van der Waals surface area (Å²) in [6, 6.07) is 8.46. The Balaban J connectivity index is 2.13. The van der Waals surface area contributed by atoms with E-state index < -0.39 is 45.6 Å². The topological polar surface area (TPSA) is 136 Å². The molecule has 4 N–H and O–H groups in total. The molecule has 1 aromatic heterocycles. The molecule has 0 saturated carbocycles. The van der Waals surface area contributed by atoms with Crippen molar-refractivity contribution in [3.63, 3.8) is 0 Å². The lowest BCUT2D eigenvalue weighted by molar-refractivity contribution is -0.0871. The van der Waals surface area contributed by atoms with E-state index in [0.717, 1.165) is 0 Å². The van der Waals surface area contributed by atoms with Crippen LogP contribution >= 0.6 is 7.14 Å². The van der Waals surface area contributed by atoms with Gasteiger partial charge < -0.3 is 19.9 Å². The van der Waals surface area contributed by atoms with Crippen LogP contribution in [0.3, 0.4) is 0 Å². The Kier molecular flexibility index (Phi) is 7.33. The van der Waals surface area contributed by atoms with Crippen molar-refractivity contribution in [2.75, 3.05) is 25.8 Å². The summed E-state index contributed by atoms with van der Waals surface area (Å²) in [5.41, 5.74) is 5.42.